The number of amidine groups is 1. The molecule has 0 spiro atoms. The molecule has 0 aliphatic rings. The molecule has 116 valence electrons. The fourth-order valence-corrected chi connectivity index (χ4v) is 1.63. The highest BCUT2D eigenvalue weighted by atomic mass is 16.5. The van der Waals surface area contributed by atoms with Gasteiger partial charge in [0.2, 0.25) is 5.71 Å². The zero-order chi connectivity index (χ0) is 16.5. The van der Waals surface area contributed by atoms with E-state index in [0.717, 1.165) is 0 Å². The first-order valence-corrected chi connectivity index (χ1v) is 6.46. The summed E-state index contributed by atoms with van der Waals surface area (Å²) in [5, 5.41) is 22.5. The number of hydrogen-bond donors (Lipinski definition) is 4. The Morgan fingerprint density at radius 3 is 2.86 bits per heavy atom. The van der Waals surface area contributed by atoms with Crippen LogP contribution in [0.4, 0.5) is 5.69 Å². The largest absolute Gasteiger partial charge is 0.383 e. The summed E-state index contributed by atoms with van der Waals surface area (Å²) in [4.78, 5) is 12.1. The molecular formula is C14H18N6O2. The molecule has 0 radical (unpaired) electrons. The number of hydrazone groups is 1. The van der Waals surface area contributed by atoms with Crippen molar-refractivity contribution in [2.24, 2.45) is 10.8 Å². The Balaban J connectivity index is 2.92. The minimum absolute atomic E-state index is 0.227. The average Bonchev–Trinajstić information content (AvgIpc) is 2.49. The summed E-state index contributed by atoms with van der Waals surface area (Å²) in [6.45, 7) is 2.59. The highest BCUT2D eigenvalue weighted by Gasteiger charge is 2.11. The molecule has 0 fully saturated rings. The summed E-state index contributed by atoms with van der Waals surface area (Å²) in [5.41, 5.74) is 9.33. The van der Waals surface area contributed by atoms with Crippen molar-refractivity contribution in [2.45, 2.75) is 6.92 Å². The van der Waals surface area contributed by atoms with E-state index in [-0.39, 0.29) is 11.6 Å². The molecule has 1 amide bonds. The molecule has 1 aromatic carbocycles. The molecule has 0 bridgehead atoms. The second-order valence-corrected chi connectivity index (χ2v) is 4.32. The van der Waals surface area contributed by atoms with Crippen molar-refractivity contribution in [3.05, 3.63) is 29.3 Å². The van der Waals surface area contributed by atoms with Crippen molar-refractivity contribution >= 4 is 23.1 Å². The summed E-state index contributed by atoms with van der Waals surface area (Å²) < 4.78 is 4.87. The van der Waals surface area contributed by atoms with Gasteiger partial charge in [0.15, 0.2) is 5.84 Å². The molecule has 5 N–H and O–H groups in total. The van der Waals surface area contributed by atoms with Gasteiger partial charge >= 0.3 is 0 Å². The van der Waals surface area contributed by atoms with Crippen LogP contribution < -0.4 is 16.5 Å². The fourth-order valence-electron chi connectivity index (χ4n) is 1.63. The van der Waals surface area contributed by atoms with Crippen molar-refractivity contribution in [2.75, 3.05) is 25.7 Å². The number of nitrogens with zero attached hydrogens (tertiary/aromatic N) is 2. The van der Waals surface area contributed by atoms with Gasteiger partial charge in [-0.1, -0.05) is 6.07 Å². The fraction of sp³-hybridized carbons (Fsp3) is 0.286. The Morgan fingerprint density at radius 2 is 2.27 bits per heavy atom. The number of nitrogens with one attached hydrogen (secondary N) is 3. The van der Waals surface area contributed by atoms with Gasteiger partial charge in [-0.3, -0.25) is 15.6 Å². The van der Waals surface area contributed by atoms with Crippen molar-refractivity contribution in [3.8, 4) is 6.07 Å². The summed E-state index contributed by atoms with van der Waals surface area (Å²) >= 11 is 0. The van der Waals surface area contributed by atoms with Crippen molar-refractivity contribution < 1.29 is 9.53 Å². The number of benzene rings is 1. The van der Waals surface area contributed by atoms with Gasteiger partial charge in [0.05, 0.1) is 12.3 Å². The Bertz CT molecular complexity index is 633. The maximum absolute atomic E-state index is 12.1. The normalized spacial score (nSPS) is 10.7. The van der Waals surface area contributed by atoms with Gasteiger partial charge in [0.25, 0.3) is 5.91 Å². The van der Waals surface area contributed by atoms with E-state index in [1.54, 1.807) is 38.3 Å². The van der Waals surface area contributed by atoms with Gasteiger partial charge in [-0.25, -0.2) is 0 Å². The van der Waals surface area contributed by atoms with E-state index in [1.807, 2.05) is 0 Å². The quantitative estimate of drug-likeness (QED) is 0.253. The van der Waals surface area contributed by atoms with Gasteiger partial charge in [0.1, 0.15) is 6.07 Å². The topological polar surface area (TPSA) is 136 Å². The van der Waals surface area contributed by atoms with Crippen LogP contribution in [0.5, 0.6) is 0 Å². The molecule has 0 unspecified atom stereocenters. The standard InChI is InChI=1S/C14H18N6O2/c1-9-10(14(21)18-6-7-22-2)4-3-5-11(9)19-20-12(8-15)13(16)17/h3-5,19H,6-7H2,1-2H3,(H3,16,17)(H,18,21)/b20-12+. The number of ether oxygens (including phenoxy) is 1. The number of hydrogen-bond acceptors (Lipinski definition) is 6. The molecule has 0 saturated heterocycles. The summed E-state index contributed by atoms with van der Waals surface area (Å²) in [7, 11) is 1.56. The van der Waals surface area contributed by atoms with E-state index in [0.29, 0.717) is 30.0 Å². The molecule has 0 aliphatic carbocycles. The lowest BCUT2D eigenvalue weighted by Crippen LogP contribution is -2.27. The van der Waals surface area contributed by atoms with Crippen LogP contribution in [-0.4, -0.2) is 37.7 Å². The lowest BCUT2D eigenvalue weighted by molar-refractivity contribution is 0.0936. The van der Waals surface area contributed by atoms with Gasteiger partial charge in [-0.2, -0.15) is 10.4 Å². The van der Waals surface area contributed by atoms with Crippen LogP contribution in [-0.2, 0) is 4.74 Å². The van der Waals surface area contributed by atoms with Gasteiger partial charge in [-0.05, 0) is 24.6 Å². The smallest absolute Gasteiger partial charge is 0.251 e. The van der Waals surface area contributed by atoms with Gasteiger partial charge in [-0.15, -0.1) is 0 Å². The van der Waals surface area contributed by atoms with Gasteiger partial charge < -0.3 is 15.8 Å². The van der Waals surface area contributed by atoms with Crippen LogP contribution in [0, 0.1) is 23.7 Å². The van der Waals surface area contributed by atoms with Crippen LogP contribution in [0.1, 0.15) is 15.9 Å². The second-order valence-electron chi connectivity index (χ2n) is 4.32. The second kappa shape index (κ2) is 8.39. The molecule has 0 saturated carbocycles. The Morgan fingerprint density at radius 1 is 1.55 bits per heavy atom. The Kier molecular flexibility index (Phi) is 6.53. The first-order chi connectivity index (χ1) is 10.5. The van der Waals surface area contributed by atoms with E-state index >= 15 is 0 Å². The highest BCUT2D eigenvalue weighted by molar-refractivity contribution is 6.45. The maximum atomic E-state index is 12.1. The zero-order valence-corrected chi connectivity index (χ0v) is 12.4. The Labute approximate surface area is 128 Å². The minimum Gasteiger partial charge on any atom is -0.383 e. The third-order valence-corrected chi connectivity index (χ3v) is 2.82. The van der Waals surface area contributed by atoms with E-state index in [9.17, 15) is 4.79 Å². The van der Waals surface area contributed by atoms with Crippen LogP contribution in [0.15, 0.2) is 23.3 Å². The van der Waals surface area contributed by atoms with Crippen LogP contribution in [0.3, 0.4) is 0 Å². The van der Waals surface area contributed by atoms with Crippen LogP contribution in [0.2, 0.25) is 0 Å². The number of nitrogens with two attached hydrogens (primary N) is 1. The third kappa shape index (κ3) is 4.57. The molecule has 0 aliphatic heterocycles. The molecule has 1 aromatic rings. The average molecular weight is 302 g/mol. The van der Waals surface area contributed by atoms with Crippen molar-refractivity contribution in [1.29, 1.82) is 10.7 Å². The molecule has 0 aromatic heterocycles. The number of methoxy groups -OCH3 is 1. The SMILES string of the molecule is COCCNC(=O)c1cccc(N/N=C(\C#N)C(=N)N)c1C. The first kappa shape index (κ1) is 17.1. The lowest BCUT2D eigenvalue weighted by Gasteiger charge is -2.11. The predicted octanol–water partition coefficient (Wildman–Crippen LogP) is 0.599. The number of anilines is 1. The molecule has 22 heavy (non-hydrogen) atoms. The number of amides is 1. The summed E-state index contributed by atoms with van der Waals surface area (Å²) in [6, 6.07) is 6.79. The lowest BCUT2D eigenvalue weighted by atomic mass is 10.1. The van der Waals surface area contributed by atoms with Crippen LogP contribution in [0.25, 0.3) is 0 Å². The maximum Gasteiger partial charge on any atom is 0.251 e. The predicted molar refractivity (Wildman–Crippen MR) is 84.0 cm³/mol. The number of carbonyl (C=O) groups excluding carboxylic acids is 1. The van der Waals surface area contributed by atoms with E-state index in [2.05, 4.69) is 15.8 Å². The number of rotatable bonds is 7. The molecule has 1 rings (SSSR count). The first-order valence-electron chi connectivity index (χ1n) is 6.46. The van der Waals surface area contributed by atoms with E-state index < -0.39 is 5.84 Å². The van der Waals surface area contributed by atoms with Gasteiger partial charge in [0, 0.05) is 19.2 Å². The molecule has 8 nitrogen and oxygen atoms in total. The molecular weight excluding hydrogens is 284 g/mol. The molecule has 0 heterocycles. The summed E-state index contributed by atoms with van der Waals surface area (Å²) in [5.74, 6) is -0.657. The monoisotopic (exact) mass is 302 g/mol. The molecule has 0 atom stereocenters. The van der Waals surface area contributed by atoms with Crippen LogP contribution >= 0.6 is 0 Å². The zero-order valence-electron chi connectivity index (χ0n) is 12.4. The van der Waals surface area contributed by atoms with Crippen molar-refractivity contribution in [3.63, 3.8) is 0 Å². The Hall–Kier alpha value is -2.92. The third-order valence-electron chi connectivity index (χ3n) is 2.82. The highest BCUT2D eigenvalue weighted by Crippen LogP contribution is 2.19. The number of nitriles is 1. The minimum atomic E-state index is -0.430. The molecule has 8 heteroatoms. The van der Waals surface area contributed by atoms with E-state index in [4.69, 9.17) is 21.1 Å². The number of carbonyl (C=O) groups is 1. The van der Waals surface area contributed by atoms with E-state index in [1.165, 1.54) is 0 Å². The summed E-state index contributed by atoms with van der Waals surface area (Å²) in [6.07, 6.45) is 0. The van der Waals surface area contributed by atoms with Crippen molar-refractivity contribution in [1.82, 2.24) is 5.32 Å².